The number of aliphatic hydroxyl groups is 1. The van der Waals surface area contributed by atoms with Gasteiger partial charge in [-0.3, -0.25) is 19.4 Å². The second-order valence-corrected chi connectivity index (χ2v) is 9.98. The van der Waals surface area contributed by atoms with Gasteiger partial charge in [-0.2, -0.15) is 0 Å². The molecule has 202 valence electrons. The van der Waals surface area contributed by atoms with Gasteiger partial charge < -0.3 is 20.3 Å². The van der Waals surface area contributed by atoms with Crippen LogP contribution in [0.2, 0.25) is 0 Å². The van der Waals surface area contributed by atoms with E-state index in [1.807, 2.05) is 23.6 Å². The minimum atomic E-state index is -0.548. The second kappa shape index (κ2) is 12.9. The number of ether oxygens (including phenoxy) is 2. The number of thiazole rings is 1. The van der Waals surface area contributed by atoms with Crippen LogP contribution >= 0.6 is 11.3 Å². The molecule has 1 aliphatic heterocycles. The number of aromatic nitrogens is 1. The van der Waals surface area contributed by atoms with Crippen LogP contribution in [0.5, 0.6) is 11.5 Å². The summed E-state index contributed by atoms with van der Waals surface area (Å²) in [6.45, 7) is 4.64. The van der Waals surface area contributed by atoms with E-state index in [1.54, 1.807) is 36.3 Å². The van der Waals surface area contributed by atoms with Crippen molar-refractivity contribution in [2.75, 3.05) is 44.9 Å². The Kier molecular flexibility index (Phi) is 9.33. The minimum absolute atomic E-state index is 0.0974. The summed E-state index contributed by atoms with van der Waals surface area (Å²) in [6.07, 6.45) is 2.86. The number of carbonyl (C=O) groups excluding carboxylic acids is 2. The van der Waals surface area contributed by atoms with Crippen LogP contribution in [0, 0.1) is 0 Å². The Bertz CT molecular complexity index is 1250. The minimum Gasteiger partial charge on any atom is -0.496 e. The zero-order valence-corrected chi connectivity index (χ0v) is 22.6. The van der Waals surface area contributed by atoms with Crippen molar-refractivity contribution in [3.05, 3.63) is 59.0 Å². The zero-order valence-electron chi connectivity index (χ0n) is 21.8. The van der Waals surface area contributed by atoms with Gasteiger partial charge in [-0.15, -0.1) is 11.3 Å². The lowest BCUT2D eigenvalue weighted by Gasteiger charge is -2.27. The summed E-state index contributed by atoms with van der Waals surface area (Å²) < 4.78 is 11.4. The number of rotatable bonds is 12. The molecule has 0 saturated carbocycles. The molecule has 1 aliphatic rings. The van der Waals surface area contributed by atoms with Crippen LogP contribution in [0.15, 0.2) is 47.8 Å². The molecule has 2 amide bonds. The molecular formula is C28H34N4O5S. The van der Waals surface area contributed by atoms with Crippen LogP contribution in [0.4, 0.5) is 5.13 Å². The molecule has 10 heteroatoms. The topological polar surface area (TPSA) is 118 Å². The van der Waals surface area contributed by atoms with Crippen LogP contribution in [-0.4, -0.2) is 72.8 Å². The first kappa shape index (κ1) is 27.6. The van der Waals surface area contributed by atoms with Gasteiger partial charge in [0.1, 0.15) is 11.5 Å². The highest BCUT2D eigenvalue weighted by Gasteiger charge is 2.27. The monoisotopic (exact) mass is 538 g/mol. The summed E-state index contributed by atoms with van der Waals surface area (Å²) in [5.41, 5.74) is 7.59. The lowest BCUT2D eigenvalue weighted by atomic mass is 10.1. The highest BCUT2D eigenvalue weighted by Crippen LogP contribution is 2.36. The van der Waals surface area contributed by atoms with Crippen molar-refractivity contribution in [2.24, 2.45) is 5.73 Å². The predicted octanol–water partition coefficient (Wildman–Crippen LogP) is 3.81. The highest BCUT2D eigenvalue weighted by atomic mass is 32.1. The predicted molar refractivity (Wildman–Crippen MR) is 148 cm³/mol. The van der Waals surface area contributed by atoms with Gasteiger partial charge in [-0.1, -0.05) is 6.92 Å². The molecular weight excluding hydrogens is 504 g/mol. The Morgan fingerprint density at radius 2 is 1.97 bits per heavy atom. The molecule has 1 aromatic heterocycles. The maximum atomic E-state index is 13.7. The Labute approximate surface area is 226 Å². The molecule has 0 bridgehead atoms. The van der Waals surface area contributed by atoms with Gasteiger partial charge in [0.15, 0.2) is 5.13 Å². The Balaban J connectivity index is 1.64. The number of amides is 2. The van der Waals surface area contributed by atoms with Crippen molar-refractivity contribution in [2.45, 2.75) is 32.2 Å². The van der Waals surface area contributed by atoms with E-state index in [4.69, 9.17) is 20.2 Å². The van der Waals surface area contributed by atoms with Gasteiger partial charge in [-0.25, -0.2) is 4.98 Å². The van der Waals surface area contributed by atoms with Crippen molar-refractivity contribution in [3.63, 3.8) is 0 Å². The lowest BCUT2D eigenvalue weighted by Crippen LogP contribution is -2.41. The summed E-state index contributed by atoms with van der Waals surface area (Å²) in [5.74, 6) is 0.611. The Morgan fingerprint density at radius 1 is 1.21 bits per heavy atom. The Hall–Kier alpha value is -3.47. The third-order valence-corrected chi connectivity index (χ3v) is 7.49. The number of aliphatic hydroxyl groups excluding tert-OH is 1. The summed E-state index contributed by atoms with van der Waals surface area (Å²) in [4.78, 5) is 33.9. The molecule has 1 fully saturated rings. The van der Waals surface area contributed by atoms with Crippen molar-refractivity contribution in [1.82, 2.24) is 9.88 Å². The van der Waals surface area contributed by atoms with Crippen LogP contribution in [0.25, 0.3) is 11.3 Å². The maximum Gasteiger partial charge on any atom is 0.260 e. The largest absolute Gasteiger partial charge is 0.496 e. The number of hydrogen-bond acceptors (Lipinski definition) is 8. The first-order chi connectivity index (χ1) is 18.4. The number of benzene rings is 2. The molecule has 1 saturated heterocycles. The third-order valence-electron chi connectivity index (χ3n) is 6.62. The molecule has 0 unspecified atom stereocenters. The fraction of sp³-hybridized carbons (Fsp3) is 0.393. The molecule has 9 nitrogen and oxygen atoms in total. The number of nitrogens with two attached hydrogens (primary N) is 1. The molecule has 3 N–H and O–H groups in total. The van der Waals surface area contributed by atoms with E-state index in [0.29, 0.717) is 47.4 Å². The van der Waals surface area contributed by atoms with Gasteiger partial charge >= 0.3 is 0 Å². The Morgan fingerprint density at radius 3 is 2.66 bits per heavy atom. The van der Waals surface area contributed by atoms with Crippen LogP contribution < -0.4 is 20.1 Å². The summed E-state index contributed by atoms with van der Waals surface area (Å²) >= 11 is 1.37. The molecule has 4 rings (SSSR count). The quantitative estimate of drug-likeness (QED) is 0.360. The molecule has 1 atom stereocenters. The van der Waals surface area contributed by atoms with Gasteiger partial charge in [0.05, 0.1) is 26.0 Å². The fourth-order valence-electron chi connectivity index (χ4n) is 4.55. The molecule has 0 spiro atoms. The van der Waals surface area contributed by atoms with E-state index in [1.165, 1.54) is 11.3 Å². The molecule has 0 radical (unpaired) electrons. The number of anilines is 1. The van der Waals surface area contributed by atoms with Crippen molar-refractivity contribution >= 4 is 28.3 Å². The standard InChI is InChI=1S/C28H34N4O5S/c1-3-15-37-22-10-11-25(36-2)23(16-22)24-18-38-28(30-24)32(14-13-31-12-4-5-21(31)17-33)27(35)20-8-6-19(7-9-20)26(29)34/h6-11,16,18,21,33H,3-5,12-15,17H2,1-2H3,(H2,29,34)/t21-/m0/s1. The van der Waals surface area contributed by atoms with E-state index in [9.17, 15) is 14.7 Å². The highest BCUT2D eigenvalue weighted by molar-refractivity contribution is 7.14. The number of primary amides is 1. The molecule has 2 heterocycles. The first-order valence-electron chi connectivity index (χ1n) is 12.8. The van der Waals surface area contributed by atoms with Crippen LogP contribution in [0.1, 0.15) is 46.9 Å². The summed E-state index contributed by atoms with van der Waals surface area (Å²) in [7, 11) is 1.61. The van der Waals surface area contributed by atoms with Gasteiger partial charge in [0, 0.05) is 41.2 Å². The average Bonchev–Trinajstić information content (AvgIpc) is 3.61. The third kappa shape index (κ3) is 6.32. The molecule has 3 aromatic rings. The van der Waals surface area contributed by atoms with Crippen molar-refractivity contribution in [3.8, 4) is 22.8 Å². The number of nitrogens with zero attached hydrogens (tertiary/aromatic N) is 3. The summed E-state index contributed by atoms with van der Waals surface area (Å²) in [6, 6.07) is 12.0. The van der Waals surface area contributed by atoms with Gasteiger partial charge in [0.25, 0.3) is 5.91 Å². The maximum absolute atomic E-state index is 13.7. The van der Waals surface area contributed by atoms with Gasteiger partial charge in [0.2, 0.25) is 5.91 Å². The summed E-state index contributed by atoms with van der Waals surface area (Å²) in [5, 5.41) is 12.2. The smallest absolute Gasteiger partial charge is 0.260 e. The van der Waals surface area contributed by atoms with Gasteiger partial charge in [-0.05, 0) is 68.3 Å². The van der Waals surface area contributed by atoms with Crippen molar-refractivity contribution in [1.29, 1.82) is 0 Å². The van der Waals surface area contributed by atoms with E-state index < -0.39 is 5.91 Å². The number of likely N-dealkylation sites (tertiary alicyclic amines) is 1. The number of carbonyl (C=O) groups is 2. The van der Waals surface area contributed by atoms with E-state index in [0.717, 1.165) is 37.1 Å². The van der Waals surface area contributed by atoms with E-state index >= 15 is 0 Å². The number of methoxy groups -OCH3 is 1. The molecule has 2 aromatic carbocycles. The van der Waals surface area contributed by atoms with Crippen molar-refractivity contribution < 1.29 is 24.2 Å². The normalized spacial score (nSPS) is 15.4. The first-order valence-corrected chi connectivity index (χ1v) is 13.7. The molecule has 0 aliphatic carbocycles. The zero-order chi connectivity index (χ0) is 27.1. The fourth-order valence-corrected chi connectivity index (χ4v) is 5.40. The van der Waals surface area contributed by atoms with E-state index in [-0.39, 0.29) is 18.6 Å². The second-order valence-electron chi connectivity index (χ2n) is 9.14. The number of hydrogen-bond donors (Lipinski definition) is 2. The van der Waals surface area contributed by atoms with E-state index in [2.05, 4.69) is 11.8 Å². The lowest BCUT2D eigenvalue weighted by molar-refractivity contribution is 0.0974. The molecule has 38 heavy (non-hydrogen) atoms. The SMILES string of the molecule is CCCOc1ccc(OC)c(-c2csc(N(CCN3CCC[C@H]3CO)C(=O)c3ccc(C(N)=O)cc3)n2)c1. The average molecular weight is 539 g/mol. The van der Waals surface area contributed by atoms with Crippen LogP contribution in [0.3, 0.4) is 0 Å². The van der Waals surface area contributed by atoms with Crippen LogP contribution in [-0.2, 0) is 0 Å².